The van der Waals surface area contributed by atoms with E-state index in [0.717, 1.165) is 22.5 Å². The Morgan fingerprint density at radius 1 is 1.32 bits per heavy atom. The molecular weight excluding hydrogens is 240 g/mol. The number of hydrogen-bond donors (Lipinski definition) is 2. The highest BCUT2D eigenvalue weighted by atomic mass is 16.3. The Balaban J connectivity index is 2.10. The Bertz CT molecular complexity index is 562. The predicted molar refractivity (Wildman–Crippen MR) is 76.2 cm³/mol. The normalized spacial score (nSPS) is 11.9. The molecule has 0 saturated heterocycles. The van der Waals surface area contributed by atoms with E-state index < -0.39 is 0 Å². The average molecular weight is 258 g/mol. The van der Waals surface area contributed by atoms with Crippen LogP contribution >= 0.6 is 0 Å². The molecule has 1 heterocycles. The first-order valence-corrected chi connectivity index (χ1v) is 6.23. The fourth-order valence-electron chi connectivity index (χ4n) is 1.94. The third-order valence-corrected chi connectivity index (χ3v) is 2.96. The van der Waals surface area contributed by atoms with E-state index in [1.165, 1.54) is 6.92 Å². The topological polar surface area (TPSA) is 54.3 Å². The van der Waals surface area contributed by atoms with Gasteiger partial charge in [-0.1, -0.05) is 0 Å². The lowest BCUT2D eigenvalue weighted by Crippen LogP contribution is -2.09. The van der Waals surface area contributed by atoms with Crippen molar-refractivity contribution in [2.45, 2.75) is 26.8 Å². The molecule has 0 aliphatic rings. The van der Waals surface area contributed by atoms with E-state index in [4.69, 9.17) is 4.42 Å². The van der Waals surface area contributed by atoms with Gasteiger partial charge in [0.15, 0.2) is 0 Å². The molecule has 4 nitrogen and oxygen atoms in total. The summed E-state index contributed by atoms with van der Waals surface area (Å²) < 4.78 is 5.07. The fourth-order valence-corrected chi connectivity index (χ4v) is 1.94. The van der Waals surface area contributed by atoms with E-state index in [0.29, 0.717) is 0 Å². The molecule has 1 aromatic heterocycles. The minimum Gasteiger partial charge on any atom is -0.472 e. The number of nitrogens with one attached hydrogen (secondary N) is 2. The number of rotatable bonds is 4. The molecule has 0 aliphatic heterocycles. The summed E-state index contributed by atoms with van der Waals surface area (Å²) in [5.74, 6) is -0.0597. The first kappa shape index (κ1) is 13.2. The minimum absolute atomic E-state index is 0.0597. The molecule has 19 heavy (non-hydrogen) atoms. The molecule has 0 saturated carbocycles. The molecule has 1 aromatic carbocycles. The Kier molecular flexibility index (Phi) is 3.90. The van der Waals surface area contributed by atoms with Crippen molar-refractivity contribution < 1.29 is 9.21 Å². The Morgan fingerprint density at radius 2 is 2.11 bits per heavy atom. The Hall–Kier alpha value is -2.23. The van der Waals surface area contributed by atoms with Crippen molar-refractivity contribution >= 4 is 17.3 Å². The molecule has 100 valence electrons. The maximum atomic E-state index is 11.0. The number of carbonyl (C=O) groups is 1. The minimum atomic E-state index is -0.0597. The van der Waals surface area contributed by atoms with Gasteiger partial charge in [0.2, 0.25) is 5.91 Å². The monoisotopic (exact) mass is 258 g/mol. The largest absolute Gasteiger partial charge is 0.472 e. The molecular formula is C15H18N2O2. The summed E-state index contributed by atoms with van der Waals surface area (Å²) in [5, 5.41) is 6.19. The molecule has 2 N–H and O–H groups in total. The van der Waals surface area contributed by atoms with Gasteiger partial charge in [0, 0.05) is 23.9 Å². The number of amides is 1. The standard InChI is InChI=1S/C15H18N2O2/c1-10-8-14(4-5-15(10)17-12(3)18)16-11(2)13-6-7-19-9-13/h4-9,11,16H,1-3H3,(H,17,18). The second-order valence-electron chi connectivity index (χ2n) is 4.63. The lowest BCUT2D eigenvalue weighted by atomic mass is 10.1. The van der Waals surface area contributed by atoms with Gasteiger partial charge in [-0.15, -0.1) is 0 Å². The second-order valence-corrected chi connectivity index (χ2v) is 4.63. The van der Waals surface area contributed by atoms with E-state index in [1.807, 2.05) is 31.2 Å². The number of hydrogen-bond acceptors (Lipinski definition) is 3. The maximum Gasteiger partial charge on any atom is 0.221 e. The molecule has 2 aromatic rings. The summed E-state index contributed by atoms with van der Waals surface area (Å²) in [7, 11) is 0. The molecule has 0 bridgehead atoms. The van der Waals surface area contributed by atoms with Crippen LogP contribution in [0.1, 0.15) is 31.0 Å². The van der Waals surface area contributed by atoms with Crippen molar-refractivity contribution in [2.75, 3.05) is 10.6 Å². The van der Waals surface area contributed by atoms with E-state index in [-0.39, 0.29) is 11.9 Å². The second kappa shape index (κ2) is 5.61. The lowest BCUT2D eigenvalue weighted by molar-refractivity contribution is -0.114. The van der Waals surface area contributed by atoms with Crippen LogP contribution in [0.5, 0.6) is 0 Å². The number of anilines is 2. The molecule has 1 unspecified atom stereocenters. The van der Waals surface area contributed by atoms with E-state index in [1.54, 1.807) is 12.5 Å². The van der Waals surface area contributed by atoms with Gasteiger partial charge in [0.1, 0.15) is 0 Å². The van der Waals surface area contributed by atoms with Crippen LogP contribution in [0.15, 0.2) is 41.2 Å². The van der Waals surface area contributed by atoms with Crippen molar-refractivity contribution in [2.24, 2.45) is 0 Å². The van der Waals surface area contributed by atoms with Gasteiger partial charge in [0.25, 0.3) is 0 Å². The molecule has 4 heteroatoms. The van der Waals surface area contributed by atoms with Crippen LogP contribution in [-0.2, 0) is 4.79 Å². The fraction of sp³-hybridized carbons (Fsp3) is 0.267. The van der Waals surface area contributed by atoms with Gasteiger partial charge >= 0.3 is 0 Å². The maximum absolute atomic E-state index is 11.0. The predicted octanol–water partition coefficient (Wildman–Crippen LogP) is 3.72. The third-order valence-electron chi connectivity index (χ3n) is 2.96. The summed E-state index contributed by atoms with van der Waals surface area (Å²) in [4.78, 5) is 11.0. The van der Waals surface area contributed by atoms with E-state index in [2.05, 4.69) is 17.6 Å². The summed E-state index contributed by atoms with van der Waals surface area (Å²) in [5.41, 5.74) is 3.98. The molecule has 0 spiro atoms. The quantitative estimate of drug-likeness (QED) is 0.878. The Labute approximate surface area is 112 Å². The van der Waals surface area contributed by atoms with Crippen molar-refractivity contribution in [3.63, 3.8) is 0 Å². The molecule has 2 rings (SSSR count). The highest BCUT2D eigenvalue weighted by Crippen LogP contribution is 2.24. The van der Waals surface area contributed by atoms with Crippen LogP contribution in [0.3, 0.4) is 0 Å². The van der Waals surface area contributed by atoms with Gasteiger partial charge in [-0.25, -0.2) is 0 Å². The number of aryl methyl sites for hydroxylation is 1. The van der Waals surface area contributed by atoms with Crippen LogP contribution < -0.4 is 10.6 Å². The first-order chi connectivity index (χ1) is 9.06. The summed E-state index contributed by atoms with van der Waals surface area (Å²) in [6.07, 6.45) is 3.40. The van der Waals surface area contributed by atoms with E-state index in [9.17, 15) is 4.79 Å². The van der Waals surface area contributed by atoms with Crippen molar-refractivity contribution in [3.8, 4) is 0 Å². The summed E-state index contributed by atoms with van der Waals surface area (Å²) >= 11 is 0. The molecule has 0 radical (unpaired) electrons. The van der Waals surface area contributed by atoms with Gasteiger partial charge in [-0.05, 0) is 43.7 Å². The van der Waals surface area contributed by atoms with E-state index >= 15 is 0 Å². The van der Waals surface area contributed by atoms with Gasteiger partial charge < -0.3 is 15.1 Å². The first-order valence-electron chi connectivity index (χ1n) is 6.23. The van der Waals surface area contributed by atoms with Gasteiger partial charge in [-0.2, -0.15) is 0 Å². The van der Waals surface area contributed by atoms with Gasteiger partial charge in [0.05, 0.1) is 18.6 Å². The lowest BCUT2D eigenvalue weighted by Gasteiger charge is -2.15. The highest BCUT2D eigenvalue weighted by Gasteiger charge is 2.07. The number of furan rings is 1. The van der Waals surface area contributed by atoms with Gasteiger partial charge in [-0.3, -0.25) is 4.79 Å². The zero-order valence-corrected chi connectivity index (χ0v) is 11.4. The average Bonchev–Trinajstić information content (AvgIpc) is 2.86. The molecule has 0 fully saturated rings. The van der Waals surface area contributed by atoms with Crippen LogP contribution in [0.25, 0.3) is 0 Å². The zero-order valence-electron chi connectivity index (χ0n) is 11.4. The number of benzene rings is 1. The highest BCUT2D eigenvalue weighted by molar-refractivity contribution is 5.89. The van der Waals surface area contributed by atoms with Crippen LogP contribution in [-0.4, -0.2) is 5.91 Å². The summed E-state index contributed by atoms with van der Waals surface area (Å²) in [6, 6.07) is 7.98. The molecule has 0 aliphatic carbocycles. The van der Waals surface area contributed by atoms with Crippen molar-refractivity contribution in [3.05, 3.63) is 47.9 Å². The number of carbonyl (C=O) groups excluding carboxylic acids is 1. The molecule has 1 amide bonds. The molecule has 1 atom stereocenters. The SMILES string of the molecule is CC(=O)Nc1ccc(NC(C)c2ccoc2)cc1C. The van der Waals surface area contributed by atoms with Crippen LogP contribution in [0, 0.1) is 6.92 Å². The van der Waals surface area contributed by atoms with Crippen LogP contribution in [0.4, 0.5) is 11.4 Å². The Morgan fingerprint density at radius 3 is 2.68 bits per heavy atom. The summed E-state index contributed by atoms with van der Waals surface area (Å²) in [6.45, 7) is 5.55. The van der Waals surface area contributed by atoms with Crippen molar-refractivity contribution in [1.82, 2.24) is 0 Å². The third kappa shape index (κ3) is 3.37. The van der Waals surface area contributed by atoms with Crippen molar-refractivity contribution in [1.29, 1.82) is 0 Å². The zero-order chi connectivity index (χ0) is 13.8. The smallest absolute Gasteiger partial charge is 0.221 e. The van der Waals surface area contributed by atoms with Crippen LogP contribution in [0.2, 0.25) is 0 Å².